The van der Waals surface area contributed by atoms with E-state index in [1.807, 2.05) is 86.6 Å². The summed E-state index contributed by atoms with van der Waals surface area (Å²) in [5.74, 6) is 1.00. The second-order valence-corrected chi connectivity index (χ2v) is 7.01. The second kappa shape index (κ2) is 6.16. The first kappa shape index (κ1) is 16.4. The third kappa shape index (κ3) is 2.52. The summed E-state index contributed by atoms with van der Waals surface area (Å²) in [6, 6.07) is 23.4. The summed E-state index contributed by atoms with van der Waals surface area (Å²) in [7, 11) is 0. The molecule has 5 heteroatoms. The zero-order chi connectivity index (χ0) is 19.3. The van der Waals surface area contributed by atoms with Crippen molar-refractivity contribution < 1.29 is 4.79 Å². The van der Waals surface area contributed by atoms with Crippen LogP contribution in [0.25, 0.3) is 28.2 Å². The maximum absolute atomic E-state index is 13.3. The van der Waals surface area contributed by atoms with E-state index in [2.05, 4.69) is 5.10 Å². The van der Waals surface area contributed by atoms with Crippen molar-refractivity contribution in [2.45, 2.75) is 13.8 Å². The van der Waals surface area contributed by atoms with Gasteiger partial charge in [0.2, 0.25) is 5.78 Å². The maximum Gasteiger partial charge on any atom is 0.265 e. The number of carbonyl (C=O) groups excluding carboxylic acids is 1. The third-order valence-electron chi connectivity index (χ3n) is 4.95. The third-order valence-corrected chi connectivity index (χ3v) is 4.95. The molecule has 2 aromatic heterocycles. The average molecular weight is 366 g/mol. The standard InChI is InChI=1S/C23H18N4O/c1-15-7-11-17(12-8-15)21-24-23-26(22(28)18-13-9-16(2)10-14-18)19-5-3-4-6-20(19)27(23)25-21/h3-14H,1-2H3. The molecule has 0 saturated heterocycles. The number of aromatic nitrogens is 4. The smallest absolute Gasteiger partial charge is 0.265 e. The summed E-state index contributed by atoms with van der Waals surface area (Å²) in [4.78, 5) is 18.0. The number of imidazole rings is 1. The Kier molecular flexibility index (Phi) is 3.62. The monoisotopic (exact) mass is 366 g/mol. The number of hydrogen-bond donors (Lipinski definition) is 0. The number of hydrogen-bond acceptors (Lipinski definition) is 3. The molecule has 0 saturated carbocycles. The van der Waals surface area contributed by atoms with Crippen molar-refractivity contribution in [1.82, 2.24) is 19.2 Å². The van der Waals surface area contributed by atoms with E-state index in [-0.39, 0.29) is 5.91 Å². The number of nitrogens with zero attached hydrogens (tertiary/aromatic N) is 4. The van der Waals surface area contributed by atoms with Gasteiger partial charge in [-0.05, 0) is 38.1 Å². The van der Waals surface area contributed by atoms with Gasteiger partial charge in [0.15, 0.2) is 5.82 Å². The van der Waals surface area contributed by atoms with Gasteiger partial charge in [0, 0.05) is 11.1 Å². The maximum atomic E-state index is 13.3. The number of carbonyl (C=O) groups is 1. The van der Waals surface area contributed by atoms with Crippen molar-refractivity contribution in [2.24, 2.45) is 0 Å². The normalized spacial score (nSPS) is 11.4. The van der Waals surface area contributed by atoms with Crippen LogP contribution in [0.2, 0.25) is 0 Å². The van der Waals surface area contributed by atoms with Gasteiger partial charge in [-0.15, -0.1) is 5.10 Å². The van der Waals surface area contributed by atoms with Crippen molar-refractivity contribution in [3.8, 4) is 11.4 Å². The number of benzene rings is 3. The Hall–Kier alpha value is -3.73. The molecule has 0 aliphatic heterocycles. The highest BCUT2D eigenvalue weighted by Gasteiger charge is 2.21. The minimum absolute atomic E-state index is 0.117. The fourth-order valence-corrected chi connectivity index (χ4v) is 3.40. The van der Waals surface area contributed by atoms with Crippen LogP contribution in [-0.4, -0.2) is 25.1 Å². The highest BCUT2D eigenvalue weighted by Crippen LogP contribution is 2.24. The second-order valence-electron chi connectivity index (χ2n) is 7.01. The van der Waals surface area contributed by atoms with Gasteiger partial charge in [-0.25, -0.2) is 4.57 Å². The molecular formula is C23H18N4O. The lowest BCUT2D eigenvalue weighted by molar-refractivity contribution is 0.0968. The summed E-state index contributed by atoms with van der Waals surface area (Å²) in [6.45, 7) is 4.05. The van der Waals surface area contributed by atoms with Gasteiger partial charge in [0.1, 0.15) is 0 Å². The zero-order valence-electron chi connectivity index (χ0n) is 15.6. The van der Waals surface area contributed by atoms with E-state index >= 15 is 0 Å². The van der Waals surface area contributed by atoms with Crippen LogP contribution in [0.4, 0.5) is 0 Å². The van der Waals surface area contributed by atoms with Crippen LogP contribution in [-0.2, 0) is 0 Å². The minimum Gasteiger partial charge on any atom is -0.268 e. The quantitative estimate of drug-likeness (QED) is 0.457. The highest BCUT2D eigenvalue weighted by molar-refractivity contribution is 6.04. The Bertz CT molecular complexity index is 1330. The number of fused-ring (bicyclic) bond motifs is 3. The van der Waals surface area contributed by atoms with E-state index in [0.717, 1.165) is 22.2 Å². The molecule has 0 aliphatic rings. The van der Waals surface area contributed by atoms with E-state index in [1.54, 1.807) is 9.08 Å². The first-order valence-electron chi connectivity index (χ1n) is 9.16. The molecular weight excluding hydrogens is 348 g/mol. The molecule has 0 amide bonds. The lowest BCUT2D eigenvalue weighted by atomic mass is 10.1. The first-order chi connectivity index (χ1) is 13.6. The molecule has 0 unspecified atom stereocenters. The number of para-hydroxylation sites is 2. The van der Waals surface area contributed by atoms with Crippen LogP contribution >= 0.6 is 0 Å². The summed E-state index contributed by atoms with van der Waals surface area (Å²) in [5, 5.41) is 4.68. The summed E-state index contributed by atoms with van der Waals surface area (Å²) < 4.78 is 3.39. The van der Waals surface area contributed by atoms with Gasteiger partial charge in [0.05, 0.1) is 11.0 Å². The van der Waals surface area contributed by atoms with Crippen LogP contribution in [0.3, 0.4) is 0 Å². The Morgan fingerprint density at radius 2 is 1.39 bits per heavy atom. The molecule has 0 N–H and O–H groups in total. The van der Waals surface area contributed by atoms with E-state index < -0.39 is 0 Å². The Morgan fingerprint density at radius 3 is 2.07 bits per heavy atom. The fraction of sp³-hybridized carbons (Fsp3) is 0.0870. The van der Waals surface area contributed by atoms with Crippen molar-refractivity contribution in [3.05, 3.63) is 89.5 Å². The molecule has 3 aromatic carbocycles. The average Bonchev–Trinajstić information content (AvgIpc) is 3.26. The molecule has 28 heavy (non-hydrogen) atoms. The van der Waals surface area contributed by atoms with Crippen molar-refractivity contribution >= 4 is 22.7 Å². The molecule has 0 atom stereocenters. The van der Waals surface area contributed by atoms with Crippen molar-refractivity contribution in [3.63, 3.8) is 0 Å². The molecule has 136 valence electrons. The van der Waals surface area contributed by atoms with Gasteiger partial charge >= 0.3 is 0 Å². The highest BCUT2D eigenvalue weighted by atomic mass is 16.2. The lowest BCUT2D eigenvalue weighted by Crippen LogP contribution is -2.12. The van der Waals surface area contributed by atoms with Crippen molar-refractivity contribution in [1.29, 1.82) is 0 Å². The van der Waals surface area contributed by atoms with Crippen LogP contribution < -0.4 is 0 Å². The SMILES string of the molecule is Cc1ccc(C(=O)n2c3ccccc3n3nc(-c4ccc(C)cc4)nc23)cc1. The molecule has 0 aliphatic carbocycles. The largest absolute Gasteiger partial charge is 0.268 e. The van der Waals surface area contributed by atoms with Gasteiger partial charge in [-0.3, -0.25) is 4.79 Å². The van der Waals surface area contributed by atoms with E-state index in [0.29, 0.717) is 17.2 Å². The fourth-order valence-electron chi connectivity index (χ4n) is 3.40. The Morgan fingerprint density at radius 1 is 0.786 bits per heavy atom. The van der Waals surface area contributed by atoms with Gasteiger partial charge in [-0.2, -0.15) is 9.50 Å². The molecule has 2 heterocycles. The summed E-state index contributed by atoms with van der Waals surface area (Å²) in [6.07, 6.45) is 0. The van der Waals surface area contributed by atoms with Gasteiger partial charge in [0.25, 0.3) is 5.91 Å². The minimum atomic E-state index is -0.117. The zero-order valence-corrected chi connectivity index (χ0v) is 15.6. The van der Waals surface area contributed by atoms with E-state index in [9.17, 15) is 4.79 Å². The van der Waals surface area contributed by atoms with Crippen molar-refractivity contribution in [2.75, 3.05) is 0 Å². The van der Waals surface area contributed by atoms with Crippen LogP contribution in [0.5, 0.6) is 0 Å². The van der Waals surface area contributed by atoms with Crippen LogP contribution in [0.15, 0.2) is 72.8 Å². The Labute approximate surface area is 161 Å². The van der Waals surface area contributed by atoms with Gasteiger partial charge < -0.3 is 0 Å². The topological polar surface area (TPSA) is 52.2 Å². The first-order valence-corrected chi connectivity index (χ1v) is 9.16. The summed E-state index contributed by atoms with van der Waals surface area (Å²) in [5.41, 5.74) is 5.48. The van der Waals surface area contributed by atoms with Gasteiger partial charge in [-0.1, -0.05) is 59.7 Å². The molecule has 0 radical (unpaired) electrons. The van der Waals surface area contributed by atoms with E-state index in [4.69, 9.17) is 4.98 Å². The molecule has 5 aromatic rings. The molecule has 5 nitrogen and oxygen atoms in total. The van der Waals surface area contributed by atoms with Crippen LogP contribution in [0, 0.1) is 13.8 Å². The molecule has 0 fully saturated rings. The molecule has 0 bridgehead atoms. The van der Waals surface area contributed by atoms with Crippen LogP contribution in [0.1, 0.15) is 21.5 Å². The lowest BCUT2D eigenvalue weighted by Gasteiger charge is -2.04. The number of aryl methyl sites for hydroxylation is 2. The summed E-state index contributed by atoms with van der Waals surface area (Å²) >= 11 is 0. The number of rotatable bonds is 2. The Balaban J connectivity index is 1.75. The predicted octanol–water partition coefficient (Wildman–Crippen LogP) is 4.66. The molecule has 5 rings (SSSR count). The van der Waals surface area contributed by atoms with E-state index in [1.165, 1.54) is 5.56 Å². The predicted molar refractivity (Wildman–Crippen MR) is 110 cm³/mol. The molecule has 0 spiro atoms.